The number of rotatable bonds is 11. The molecule has 1 aromatic carbocycles. The Morgan fingerprint density at radius 2 is 1.93 bits per heavy atom. The van der Waals surface area contributed by atoms with E-state index in [0.29, 0.717) is 0 Å². The highest BCUT2D eigenvalue weighted by atomic mass is 14.8. The van der Waals surface area contributed by atoms with Crippen LogP contribution >= 0.6 is 0 Å². The standard InChI is InChI=1S/C24H37N3/c1-7-11-18(8-2)22-15-19(9-3)21(17-27-13-10-12-25)14-20(22)16-23(26)24(4,5)6/h7-8,11-12,14-15,23,25,27H,1-2,9-10,13,16-17,26H2,3-6H3/b18-11+,25-12?. The molecule has 0 aliphatic carbocycles. The lowest BCUT2D eigenvalue weighted by Crippen LogP contribution is -2.37. The van der Waals surface area contributed by atoms with Crippen LogP contribution in [0.4, 0.5) is 0 Å². The molecular weight excluding hydrogens is 330 g/mol. The van der Waals surface area contributed by atoms with Crippen LogP contribution in [0.15, 0.2) is 43.5 Å². The zero-order valence-corrected chi connectivity index (χ0v) is 17.6. The van der Waals surface area contributed by atoms with Crippen molar-refractivity contribution >= 4 is 11.8 Å². The second kappa shape index (κ2) is 11.0. The van der Waals surface area contributed by atoms with E-state index in [-0.39, 0.29) is 11.5 Å². The zero-order valence-electron chi connectivity index (χ0n) is 17.6. The molecule has 0 saturated carbocycles. The number of benzene rings is 1. The van der Waals surface area contributed by atoms with Crippen LogP contribution in [0, 0.1) is 10.8 Å². The largest absolute Gasteiger partial charge is 0.327 e. The van der Waals surface area contributed by atoms with Crippen LogP contribution in [0.5, 0.6) is 0 Å². The first-order valence-corrected chi connectivity index (χ1v) is 9.83. The molecule has 0 amide bonds. The topological polar surface area (TPSA) is 61.9 Å². The lowest BCUT2D eigenvalue weighted by Gasteiger charge is -2.28. The molecule has 0 radical (unpaired) electrons. The highest BCUT2D eigenvalue weighted by Gasteiger charge is 2.23. The van der Waals surface area contributed by atoms with E-state index in [4.69, 9.17) is 11.1 Å². The summed E-state index contributed by atoms with van der Waals surface area (Å²) >= 11 is 0. The highest BCUT2D eigenvalue weighted by Crippen LogP contribution is 2.29. The quantitative estimate of drug-likeness (QED) is 0.291. The summed E-state index contributed by atoms with van der Waals surface area (Å²) in [6, 6.07) is 4.66. The average molecular weight is 368 g/mol. The highest BCUT2D eigenvalue weighted by molar-refractivity contribution is 5.77. The van der Waals surface area contributed by atoms with E-state index < -0.39 is 0 Å². The minimum absolute atomic E-state index is 0.0412. The number of hydrogen-bond acceptors (Lipinski definition) is 3. The van der Waals surface area contributed by atoms with Crippen LogP contribution in [-0.2, 0) is 19.4 Å². The van der Waals surface area contributed by atoms with E-state index >= 15 is 0 Å². The zero-order chi connectivity index (χ0) is 20.4. The van der Waals surface area contributed by atoms with Gasteiger partial charge in [-0.15, -0.1) is 0 Å². The SMILES string of the molecule is C=C/C=C(\C=C)c1cc(CC)c(CNCCC=N)cc1CC(N)C(C)(C)C. The molecule has 0 aliphatic heterocycles. The fourth-order valence-corrected chi connectivity index (χ4v) is 3.01. The van der Waals surface area contributed by atoms with Gasteiger partial charge in [-0.05, 0) is 58.7 Å². The molecule has 148 valence electrons. The Morgan fingerprint density at radius 3 is 2.44 bits per heavy atom. The lowest BCUT2D eigenvalue weighted by molar-refractivity contribution is 0.318. The number of allylic oxidation sites excluding steroid dienone is 4. The van der Waals surface area contributed by atoms with Crippen molar-refractivity contribution in [3.05, 3.63) is 65.8 Å². The number of nitrogens with one attached hydrogen (secondary N) is 2. The Labute approximate surface area is 166 Å². The van der Waals surface area contributed by atoms with Crippen molar-refractivity contribution in [2.24, 2.45) is 11.1 Å². The van der Waals surface area contributed by atoms with Gasteiger partial charge in [0.15, 0.2) is 0 Å². The van der Waals surface area contributed by atoms with Gasteiger partial charge in [0, 0.05) is 19.1 Å². The molecule has 3 heteroatoms. The van der Waals surface area contributed by atoms with Crippen LogP contribution in [0.3, 0.4) is 0 Å². The van der Waals surface area contributed by atoms with Gasteiger partial charge in [0.25, 0.3) is 0 Å². The minimum atomic E-state index is 0.0412. The molecule has 0 spiro atoms. The lowest BCUT2D eigenvalue weighted by atomic mass is 9.81. The van der Waals surface area contributed by atoms with Crippen LogP contribution in [0.25, 0.3) is 5.57 Å². The van der Waals surface area contributed by atoms with Crippen LogP contribution in [-0.4, -0.2) is 18.8 Å². The maximum Gasteiger partial charge on any atom is 0.0208 e. The molecule has 4 N–H and O–H groups in total. The van der Waals surface area contributed by atoms with Gasteiger partial charge in [-0.2, -0.15) is 0 Å². The van der Waals surface area contributed by atoms with Crippen molar-refractivity contribution in [2.45, 2.75) is 59.5 Å². The number of aryl methyl sites for hydroxylation is 1. The Kier molecular flexibility index (Phi) is 9.40. The molecule has 1 unspecified atom stereocenters. The summed E-state index contributed by atoms with van der Waals surface area (Å²) in [6.45, 7) is 18.2. The summed E-state index contributed by atoms with van der Waals surface area (Å²) in [4.78, 5) is 0. The molecule has 0 aliphatic rings. The molecule has 1 atom stereocenters. The van der Waals surface area contributed by atoms with Gasteiger partial charge in [0.1, 0.15) is 0 Å². The Hall–Kier alpha value is -1.97. The molecule has 3 nitrogen and oxygen atoms in total. The first kappa shape index (κ1) is 23.1. The molecule has 1 aromatic rings. The maximum atomic E-state index is 7.17. The van der Waals surface area contributed by atoms with E-state index in [2.05, 4.69) is 58.3 Å². The molecular formula is C24H37N3. The second-order valence-corrected chi connectivity index (χ2v) is 8.04. The van der Waals surface area contributed by atoms with Crippen LogP contribution < -0.4 is 11.1 Å². The summed E-state index contributed by atoms with van der Waals surface area (Å²) in [5, 5.41) is 10.6. The van der Waals surface area contributed by atoms with E-state index in [0.717, 1.165) is 37.9 Å². The summed E-state index contributed by atoms with van der Waals surface area (Å²) in [5.41, 5.74) is 12.7. The smallest absolute Gasteiger partial charge is 0.0208 e. The monoisotopic (exact) mass is 367 g/mol. The van der Waals surface area contributed by atoms with Crippen LogP contribution in [0.2, 0.25) is 0 Å². The predicted molar refractivity (Wildman–Crippen MR) is 120 cm³/mol. The van der Waals surface area contributed by atoms with Gasteiger partial charge in [-0.25, -0.2) is 0 Å². The first-order chi connectivity index (χ1) is 12.8. The number of nitrogens with two attached hydrogens (primary N) is 1. The summed E-state index contributed by atoms with van der Waals surface area (Å²) < 4.78 is 0. The Bertz CT molecular complexity index is 678. The number of hydrogen-bond donors (Lipinski definition) is 3. The molecule has 0 heterocycles. The van der Waals surface area contributed by atoms with Gasteiger partial charge in [0.05, 0.1) is 0 Å². The second-order valence-electron chi connectivity index (χ2n) is 8.04. The molecule has 0 fully saturated rings. The van der Waals surface area contributed by atoms with Gasteiger partial charge < -0.3 is 16.5 Å². The van der Waals surface area contributed by atoms with Crippen molar-refractivity contribution in [3.63, 3.8) is 0 Å². The molecule has 0 saturated heterocycles. The van der Waals surface area contributed by atoms with E-state index in [1.165, 1.54) is 28.5 Å². The summed E-state index contributed by atoms with van der Waals surface area (Å²) in [5.74, 6) is 0. The minimum Gasteiger partial charge on any atom is -0.327 e. The molecule has 0 bridgehead atoms. The Balaban J connectivity index is 3.37. The third kappa shape index (κ3) is 6.93. The normalized spacial score (nSPS) is 13.3. The molecule has 1 rings (SSSR count). The molecule has 0 aromatic heterocycles. The Morgan fingerprint density at radius 1 is 1.22 bits per heavy atom. The van der Waals surface area contributed by atoms with Gasteiger partial charge >= 0.3 is 0 Å². The summed E-state index contributed by atoms with van der Waals surface area (Å²) in [7, 11) is 0. The predicted octanol–water partition coefficient (Wildman–Crippen LogP) is 5.05. The van der Waals surface area contributed by atoms with E-state index in [1.807, 2.05) is 18.2 Å². The van der Waals surface area contributed by atoms with Crippen molar-refractivity contribution in [1.82, 2.24) is 5.32 Å². The maximum absolute atomic E-state index is 7.17. The van der Waals surface area contributed by atoms with Gasteiger partial charge in [-0.3, -0.25) is 0 Å². The van der Waals surface area contributed by atoms with E-state index in [1.54, 1.807) is 0 Å². The van der Waals surface area contributed by atoms with Crippen LogP contribution in [0.1, 0.15) is 56.4 Å². The summed E-state index contributed by atoms with van der Waals surface area (Å²) in [6.07, 6.45) is 9.70. The van der Waals surface area contributed by atoms with Crippen molar-refractivity contribution in [2.75, 3.05) is 6.54 Å². The van der Waals surface area contributed by atoms with Crippen molar-refractivity contribution in [1.29, 1.82) is 5.41 Å². The molecule has 27 heavy (non-hydrogen) atoms. The van der Waals surface area contributed by atoms with E-state index in [9.17, 15) is 0 Å². The van der Waals surface area contributed by atoms with Gasteiger partial charge in [-0.1, -0.05) is 71.2 Å². The first-order valence-electron chi connectivity index (χ1n) is 9.83. The van der Waals surface area contributed by atoms with Crippen molar-refractivity contribution in [3.8, 4) is 0 Å². The fraction of sp³-hybridized carbons (Fsp3) is 0.458. The average Bonchev–Trinajstić information content (AvgIpc) is 2.62. The van der Waals surface area contributed by atoms with Crippen molar-refractivity contribution < 1.29 is 0 Å². The third-order valence-corrected chi connectivity index (χ3v) is 4.97. The third-order valence-electron chi connectivity index (χ3n) is 4.97. The van der Waals surface area contributed by atoms with Gasteiger partial charge in [0.2, 0.25) is 0 Å². The fourth-order valence-electron chi connectivity index (χ4n) is 3.01.